The van der Waals surface area contributed by atoms with Crippen LogP contribution in [0.25, 0.3) is 0 Å². The van der Waals surface area contributed by atoms with Gasteiger partial charge in [0.25, 0.3) is 5.91 Å². The molecule has 1 rings (SSSR count). The number of nitrogens with two attached hydrogens (primary N) is 1. The number of nitrogens with one attached hydrogen (secondary N) is 1. The molecule has 0 aliphatic heterocycles. The van der Waals surface area contributed by atoms with Crippen molar-refractivity contribution >= 4 is 34.6 Å². The molecule has 3 N–H and O–H groups in total. The lowest BCUT2D eigenvalue weighted by Crippen LogP contribution is -2.52. The molecule has 0 unspecified atom stereocenters. The Hall–Kier alpha value is -1.08. The Bertz CT molecular complexity index is 413. The smallest absolute Gasteiger partial charge is 0.265 e. The summed E-state index contributed by atoms with van der Waals surface area (Å²) in [5, 5.41) is 6.63. The number of hydrogen-bond acceptors (Lipinski definition) is 5. The fourth-order valence-electron chi connectivity index (χ4n) is 1.01. The van der Waals surface area contributed by atoms with Crippen LogP contribution in [0.5, 0.6) is 0 Å². The highest BCUT2D eigenvalue weighted by atomic mass is 32.1. The third kappa shape index (κ3) is 2.73. The zero-order valence-electron chi connectivity index (χ0n) is 9.40. The van der Waals surface area contributed by atoms with Gasteiger partial charge in [0, 0.05) is 0 Å². The lowest BCUT2D eigenvalue weighted by atomic mass is 10.1. The summed E-state index contributed by atoms with van der Waals surface area (Å²) in [5.74, 6) is -0.232. The Morgan fingerprint density at radius 2 is 2.25 bits per heavy atom. The zero-order chi connectivity index (χ0) is 12.3. The molecule has 0 bridgehead atoms. The molecule has 0 saturated heterocycles. The van der Waals surface area contributed by atoms with Crippen molar-refractivity contribution in [2.24, 2.45) is 5.73 Å². The number of thiocarbonyl (C=S) groups is 1. The van der Waals surface area contributed by atoms with E-state index in [4.69, 9.17) is 18.0 Å². The van der Waals surface area contributed by atoms with E-state index in [0.29, 0.717) is 17.0 Å². The quantitative estimate of drug-likeness (QED) is 0.784. The average Bonchev–Trinajstić information content (AvgIpc) is 2.64. The normalized spacial score (nSPS) is 11.2. The summed E-state index contributed by atoms with van der Waals surface area (Å²) in [4.78, 5) is 12.7. The molecule has 1 heterocycles. The molecule has 5 nitrogen and oxygen atoms in total. The number of nitrogens with zero attached hydrogens (tertiary/aromatic N) is 2. The lowest BCUT2D eigenvalue weighted by molar-refractivity contribution is 0.0935. The van der Waals surface area contributed by atoms with Gasteiger partial charge in [0.1, 0.15) is 4.88 Å². The van der Waals surface area contributed by atoms with Gasteiger partial charge in [-0.2, -0.15) is 0 Å². The summed E-state index contributed by atoms with van der Waals surface area (Å²) in [6.07, 6.45) is 0.673. The summed E-state index contributed by atoms with van der Waals surface area (Å²) in [6.45, 7) is 5.44. The van der Waals surface area contributed by atoms with Crippen LogP contribution in [0, 0.1) is 0 Å². The minimum absolute atomic E-state index is 0.232. The van der Waals surface area contributed by atoms with E-state index in [1.54, 1.807) is 13.8 Å². The average molecular weight is 258 g/mol. The molecule has 0 atom stereocenters. The van der Waals surface area contributed by atoms with Gasteiger partial charge in [-0.05, 0) is 31.8 Å². The van der Waals surface area contributed by atoms with Crippen molar-refractivity contribution < 1.29 is 4.79 Å². The standard InChI is InChI=1S/C9H14N4OS2/c1-4-5-6(16-13-12-5)7(14)11-9(2,3)8(10)15/h4H2,1-3H3,(H2,10,15)(H,11,14). The molecule has 1 aromatic heterocycles. The van der Waals surface area contributed by atoms with Crippen molar-refractivity contribution in [1.82, 2.24) is 14.9 Å². The van der Waals surface area contributed by atoms with Crippen molar-refractivity contribution in [3.05, 3.63) is 10.6 Å². The van der Waals surface area contributed by atoms with E-state index in [9.17, 15) is 4.79 Å². The number of rotatable bonds is 4. The van der Waals surface area contributed by atoms with Crippen LogP contribution in [0.4, 0.5) is 0 Å². The van der Waals surface area contributed by atoms with E-state index in [2.05, 4.69) is 14.9 Å². The molecular formula is C9H14N4OS2. The van der Waals surface area contributed by atoms with Crippen LogP contribution in [0.3, 0.4) is 0 Å². The van der Waals surface area contributed by atoms with E-state index >= 15 is 0 Å². The van der Waals surface area contributed by atoms with Crippen LogP contribution in [-0.4, -0.2) is 26.0 Å². The van der Waals surface area contributed by atoms with Crippen molar-refractivity contribution in [3.8, 4) is 0 Å². The van der Waals surface area contributed by atoms with Crippen molar-refractivity contribution in [2.45, 2.75) is 32.7 Å². The maximum atomic E-state index is 11.9. The Morgan fingerprint density at radius 3 is 2.75 bits per heavy atom. The maximum Gasteiger partial charge on any atom is 0.265 e. The SMILES string of the molecule is CCc1nnsc1C(=O)NC(C)(C)C(N)=S. The Balaban J connectivity index is 2.85. The van der Waals surface area contributed by atoms with Gasteiger partial charge < -0.3 is 11.1 Å². The summed E-state index contributed by atoms with van der Waals surface area (Å²) in [7, 11) is 0. The molecular weight excluding hydrogens is 244 g/mol. The highest BCUT2D eigenvalue weighted by Gasteiger charge is 2.26. The zero-order valence-corrected chi connectivity index (χ0v) is 11.0. The van der Waals surface area contributed by atoms with E-state index in [1.165, 1.54) is 0 Å². The van der Waals surface area contributed by atoms with E-state index < -0.39 is 5.54 Å². The topological polar surface area (TPSA) is 80.9 Å². The van der Waals surface area contributed by atoms with Crippen LogP contribution in [0.1, 0.15) is 36.1 Å². The van der Waals surface area contributed by atoms with Gasteiger partial charge in [-0.25, -0.2) is 0 Å². The fraction of sp³-hybridized carbons (Fsp3) is 0.556. The van der Waals surface area contributed by atoms with E-state index in [0.717, 1.165) is 11.5 Å². The third-order valence-corrected chi connectivity index (χ3v) is 3.42. The Labute approximate surface area is 104 Å². The number of aryl methyl sites for hydroxylation is 1. The van der Waals surface area contributed by atoms with Crippen molar-refractivity contribution in [1.29, 1.82) is 0 Å². The molecule has 0 radical (unpaired) electrons. The molecule has 0 fully saturated rings. The summed E-state index contributed by atoms with van der Waals surface area (Å²) >= 11 is 5.95. The molecule has 1 amide bonds. The van der Waals surface area contributed by atoms with Crippen LogP contribution in [0.15, 0.2) is 0 Å². The molecule has 0 saturated carbocycles. The molecule has 1 aromatic rings. The predicted octanol–water partition coefficient (Wildman–Crippen LogP) is 0.895. The monoisotopic (exact) mass is 258 g/mol. The van der Waals surface area contributed by atoms with E-state index in [1.807, 2.05) is 6.92 Å². The second-order valence-corrected chi connectivity index (χ2v) is 5.04. The van der Waals surface area contributed by atoms with Crippen molar-refractivity contribution in [2.75, 3.05) is 0 Å². The highest BCUT2D eigenvalue weighted by molar-refractivity contribution is 7.80. The first-order chi connectivity index (χ1) is 7.38. The third-order valence-electron chi connectivity index (χ3n) is 2.14. The summed E-state index contributed by atoms with van der Waals surface area (Å²) in [5.41, 5.74) is 5.52. The maximum absolute atomic E-state index is 11.9. The van der Waals surface area contributed by atoms with Gasteiger partial charge in [-0.3, -0.25) is 4.79 Å². The molecule has 7 heteroatoms. The minimum Gasteiger partial charge on any atom is -0.391 e. The van der Waals surface area contributed by atoms with Gasteiger partial charge >= 0.3 is 0 Å². The van der Waals surface area contributed by atoms with Gasteiger partial charge in [0.2, 0.25) is 0 Å². The molecule has 88 valence electrons. The van der Waals surface area contributed by atoms with Crippen LogP contribution in [0.2, 0.25) is 0 Å². The largest absolute Gasteiger partial charge is 0.391 e. The second kappa shape index (κ2) is 4.84. The van der Waals surface area contributed by atoms with E-state index in [-0.39, 0.29) is 10.9 Å². The number of carbonyl (C=O) groups excluding carboxylic acids is 1. The van der Waals surface area contributed by atoms with Gasteiger partial charge in [-0.15, -0.1) is 5.10 Å². The molecule has 16 heavy (non-hydrogen) atoms. The number of aromatic nitrogens is 2. The van der Waals surface area contributed by atoms with Crippen LogP contribution < -0.4 is 11.1 Å². The number of amides is 1. The first-order valence-corrected chi connectivity index (χ1v) is 6.00. The van der Waals surface area contributed by atoms with Crippen LogP contribution >= 0.6 is 23.8 Å². The van der Waals surface area contributed by atoms with Gasteiger partial charge in [0.05, 0.1) is 16.2 Å². The first kappa shape index (κ1) is 13.0. The van der Waals surface area contributed by atoms with Gasteiger partial charge in [-0.1, -0.05) is 23.6 Å². The van der Waals surface area contributed by atoms with Gasteiger partial charge in [0.15, 0.2) is 0 Å². The van der Waals surface area contributed by atoms with Crippen molar-refractivity contribution in [3.63, 3.8) is 0 Å². The molecule has 0 aliphatic carbocycles. The molecule has 0 aliphatic rings. The highest BCUT2D eigenvalue weighted by Crippen LogP contribution is 2.13. The number of hydrogen-bond donors (Lipinski definition) is 2. The Morgan fingerprint density at radius 1 is 1.62 bits per heavy atom. The lowest BCUT2D eigenvalue weighted by Gasteiger charge is -2.24. The Kier molecular flexibility index (Phi) is 3.93. The molecule has 0 aromatic carbocycles. The van der Waals surface area contributed by atoms with Crippen LogP contribution in [-0.2, 0) is 6.42 Å². The number of carbonyl (C=O) groups is 1. The summed E-state index contributed by atoms with van der Waals surface area (Å²) < 4.78 is 3.76. The minimum atomic E-state index is -0.707. The second-order valence-electron chi connectivity index (χ2n) is 3.85. The first-order valence-electron chi connectivity index (χ1n) is 4.82. The molecule has 0 spiro atoms. The summed E-state index contributed by atoms with van der Waals surface area (Å²) in [6, 6.07) is 0. The predicted molar refractivity (Wildman–Crippen MR) is 67.6 cm³/mol. The fourth-order valence-corrected chi connectivity index (χ4v) is 1.71.